The van der Waals surface area contributed by atoms with Crippen molar-refractivity contribution < 1.29 is 23.5 Å². The molecule has 2 aromatic rings. The summed E-state index contributed by atoms with van der Waals surface area (Å²) in [4.78, 5) is 26.0. The largest absolute Gasteiger partial charge is 0.489 e. The molecule has 0 aromatic heterocycles. The molecule has 1 N–H and O–H groups in total. The molecule has 0 aliphatic carbocycles. The number of carbonyl (C=O) groups excluding carboxylic acids is 2. The predicted molar refractivity (Wildman–Crippen MR) is 111 cm³/mol. The maximum atomic E-state index is 12.9. The first-order chi connectivity index (χ1) is 14.1. The van der Waals surface area contributed by atoms with E-state index in [0.717, 1.165) is 5.56 Å². The quantitative estimate of drug-likeness (QED) is 0.714. The average Bonchev–Trinajstić information content (AvgIpc) is 2.74. The van der Waals surface area contributed by atoms with E-state index in [1.54, 1.807) is 41.3 Å². The molecule has 0 spiro atoms. The van der Waals surface area contributed by atoms with E-state index in [0.29, 0.717) is 44.3 Å². The fraction of sp³-hybridized carbons (Fsp3) is 0.333. The van der Waals surface area contributed by atoms with Gasteiger partial charge in [-0.15, -0.1) is 11.8 Å². The number of thioether (sulfide) groups is 1. The molecule has 3 rings (SSSR count). The fourth-order valence-electron chi connectivity index (χ4n) is 2.74. The van der Waals surface area contributed by atoms with Gasteiger partial charge in [0.2, 0.25) is 11.8 Å². The van der Waals surface area contributed by atoms with Crippen molar-refractivity contribution in [2.45, 2.75) is 6.61 Å². The smallest absolute Gasteiger partial charge is 0.234 e. The van der Waals surface area contributed by atoms with Crippen LogP contribution < -0.4 is 10.1 Å². The number of nitrogens with one attached hydrogen (secondary N) is 1. The first-order valence-electron chi connectivity index (χ1n) is 9.30. The lowest BCUT2D eigenvalue weighted by Gasteiger charge is -2.26. The lowest BCUT2D eigenvalue weighted by atomic mass is 10.2. The SMILES string of the molecule is O=C(CSCC(=O)N1CCOCC1)Nc1cccc(OCc2ccc(F)cc2)c1. The van der Waals surface area contributed by atoms with Gasteiger partial charge in [-0.25, -0.2) is 4.39 Å². The zero-order valence-electron chi connectivity index (χ0n) is 15.9. The van der Waals surface area contributed by atoms with Gasteiger partial charge in [0.15, 0.2) is 0 Å². The third-order valence-corrected chi connectivity index (χ3v) is 5.18. The summed E-state index contributed by atoms with van der Waals surface area (Å²) in [6, 6.07) is 13.2. The number of carbonyl (C=O) groups is 2. The molecule has 0 atom stereocenters. The van der Waals surface area contributed by atoms with E-state index in [4.69, 9.17) is 9.47 Å². The summed E-state index contributed by atoms with van der Waals surface area (Å²) in [6.07, 6.45) is 0. The first kappa shape index (κ1) is 21.1. The summed E-state index contributed by atoms with van der Waals surface area (Å²) >= 11 is 1.29. The normalized spacial score (nSPS) is 13.8. The van der Waals surface area contributed by atoms with Gasteiger partial charge in [-0.3, -0.25) is 9.59 Å². The van der Waals surface area contributed by atoms with Crippen LogP contribution in [0.15, 0.2) is 48.5 Å². The van der Waals surface area contributed by atoms with Crippen molar-refractivity contribution in [3.05, 3.63) is 59.9 Å². The Bertz CT molecular complexity index is 826. The Hall–Kier alpha value is -2.58. The molecule has 0 radical (unpaired) electrons. The van der Waals surface area contributed by atoms with Crippen LogP contribution in [-0.2, 0) is 20.9 Å². The maximum absolute atomic E-state index is 12.9. The zero-order valence-corrected chi connectivity index (χ0v) is 16.8. The number of ether oxygens (including phenoxy) is 2. The highest BCUT2D eigenvalue weighted by atomic mass is 32.2. The van der Waals surface area contributed by atoms with Crippen molar-refractivity contribution in [2.24, 2.45) is 0 Å². The third-order valence-electron chi connectivity index (χ3n) is 4.26. The number of halogens is 1. The van der Waals surface area contributed by atoms with Crippen molar-refractivity contribution in [3.63, 3.8) is 0 Å². The highest BCUT2D eigenvalue weighted by Crippen LogP contribution is 2.19. The number of benzene rings is 2. The number of anilines is 1. The van der Waals surface area contributed by atoms with Crippen LogP contribution in [0.2, 0.25) is 0 Å². The topological polar surface area (TPSA) is 67.9 Å². The summed E-state index contributed by atoms with van der Waals surface area (Å²) in [5.41, 5.74) is 1.47. The van der Waals surface area contributed by atoms with E-state index in [-0.39, 0.29) is 29.1 Å². The molecule has 0 unspecified atom stereocenters. The van der Waals surface area contributed by atoms with Crippen molar-refractivity contribution in [3.8, 4) is 5.75 Å². The summed E-state index contributed by atoms with van der Waals surface area (Å²) in [5, 5.41) is 2.81. The minimum Gasteiger partial charge on any atom is -0.489 e. The maximum Gasteiger partial charge on any atom is 0.234 e. The first-order valence-corrected chi connectivity index (χ1v) is 10.5. The van der Waals surface area contributed by atoms with Gasteiger partial charge >= 0.3 is 0 Å². The van der Waals surface area contributed by atoms with E-state index >= 15 is 0 Å². The molecule has 1 saturated heterocycles. The summed E-state index contributed by atoms with van der Waals surface area (Å²) in [7, 11) is 0. The molecule has 2 aromatic carbocycles. The molecule has 0 saturated carbocycles. The Kier molecular flexibility index (Phi) is 7.89. The molecular formula is C21H23FN2O4S. The number of hydrogen-bond donors (Lipinski definition) is 1. The van der Waals surface area contributed by atoms with Crippen LogP contribution in [0.25, 0.3) is 0 Å². The average molecular weight is 418 g/mol. The van der Waals surface area contributed by atoms with Gasteiger partial charge in [-0.1, -0.05) is 18.2 Å². The zero-order chi connectivity index (χ0) is 20.5. The number of hydrogen-bond acceptors (Lipinski definition) is 5. The number of morpholine rings is 1. The van der Waals surface area contributed by atoms with Crippen LogP contribution in [0, 0.1) is 5.82 Å². The van der Waals surface area contributed by atoms with Crippen LogP contribution >= 0.6 is 11.8 Å². The van der Waals surface area contributed by atoms with Crippen molar-refractivity contribution in [1.82, 2.24) is 4.90 Å². The second kappa shape index (κ2) is 10.8. The molecule has 2 amide bonds. The highest BCUT2D eigenvalue weighted by Gasteiger charge is 2.17. The van der Waals surface area contributed by atoms with E-state index in [1.165, 1.54) is 23.9 Å². The Labute approximate surface area is 173 Å². The van der Waals surface area contributed by atoms with E-state index < -0.39 is 0 Å². The van der Waals surface area contributed by atoms with Crippen LogP contribution in [0.5, 0.6) is 5.75 Å². The molecule has 6 nitrogen and oxygen atoms in total. The number of nitrogens with zero attached hydrogens (tertiary/aromatic N) is 1. The van der Waals surface area contributed by atoms with Crippen LogP contribution in [0.1, 0.15) is 5.56 Å². The molecular weight excluding hydrogens is 395 g/mol. The minimum atomic E-state index is -0.289. The Morgan fingerprint density at radius 3 is 2.62 bits per heavy atom. The minimum absolute atomic E-state index is 0.0299. The fourth-order valence-corrected chi connectivity index (χ4v) is 3.46. The lowest BCUT2D eigenvalue weighted by Crippen LogP contribution is -2.41. The second-order valence-electron chi connectivity index (χ2n) is 6.48. The van der Waals surface area contributed by atoms with Gasteiger partial charge in [0.1, 0.15) is 18.2 Å². The highest BCUT2D eigenvalue weighted by molar-refractivity contribution is 8.00. The van der Waals surface area contributed by atoms with Gasteiger partial charge in [0.05, 0.1) is 24.7 Å². The lowest BCUT2D eigenvalue weighted by molar-refractivity contribution is -0.132. The Balaban J connectivity index is 1.41. The Morgan fingerprint density at radius 2 is 1.86 bits per heavy atom. The van der Waals surface area contributed by atoms with Gasteiger partial charge in [0.25, 0.3) is 0 Å². The van der Waals surface area contributed by atoms with Gasteiger partial charge in [0, 0.05) is 24.8 Å². The summed E-state index contributed by atoms with van der Waals surface area (Å²) in [5.74, 6) is 0.623. The van der Waals surface area contributed by atoms with Gasteiger partial charge in [-0.2, -0.15) is 0 Å². The van der Waals surface area contributed by atoms with Gasteiger partial charge < -0.3 is 19.7 Å². The van der Waals surface area contributed by atoms with Crippen LogP contribution in [0.4, 0.5) is 10.1 Å². The number of amides is 2. The third kappa shape index (κ3) is 7.07. The van der Waals surface area contributed by atoms with Crippen LogP contribution in [-0.4, -0.2) is 54.5 Å². The predicted octanol–water partition coefficient (Wildman–Crippen LogP) is 2.94. The molecule has 1 fully saturated rings. The summed E-state index contributed by atoms with van der Waals surface area (Å²) < 4.78 is 23.9. The van der Waals surface area contributed by atoms with Crippen molar-refractivity contribution in [1.29, 1.82) is 0 Å². The standard InChI is InChI=1S/C21H23FN2O4S/c22-17-6-4-16(5-7-17)13-28-19-3-1-2-18(12-19)23-20(25)14-29-15-21(26)24-8-10-27-11-9-24/h1-7,12H,8-11,13-15H2,(H,23,25). The van der Waals surface area contributed by atoms with Crippen molar-refractivity contribution in [2.75, 3.05) is 43.1 Å². The molecule has 1 heterocycles. The molecule has 8 heteroatoms. The summed E-state index contributed by atoms with van der Waals surface area (Å²) in [6.45, 7) is 2.65. The number of rotatable bonds is 8. The molecule has 0 bridgehead atoms. The monoisotopic (exact) mass is 418 g/mol. The molecule has 1 aliphatic rings. The van der Waals surface area contributed by atoms with E-state index in [2.05, 4.69) is 5.32 Å². The van der Waals surface area contributed by atoms with E-state index in [9.17, 15) is 14.0 Å². The molecule has 29 heavy (non-hydrogen) atoms. The van der Waals surface area contributed by atoms with Gasteiger partial charge in [-0.05, 0) is 29.8 Å². The van der Waals surface area contributed by atoms with Crippen molar-refractivity contribution >= 4 is 29.3 Å². The molecule has 154 valence electrons. The second-order valence-corrected chi connectivity index (χ2v) is 7.46. The van der Waals surface area contributed by atoms with Crippen LogP contribution in [0.3, 0.4) is 0 Å². The van der Waals surface area contributed by atoms with E-state index in [1.807, 2.05) is 0 Å². The molecule has 1 aliphatic heterocycles. The Morgan fingerprint density at radius 1 is 1.10 bits per heavy atom.